The Labute approximate surface area is 155 Å². The highest BCUT2D eigenvalue weighted by atomic mass is 35.5. The Morgan fingerprint density at radius 1 is 1.42 bits per heavy atom. The maximum Gasteiger partial charge on any atom is 0.285 e. The highest BCUT2D eigenvalue weighted by Gasteiger charge is 2.17. The molecule has 0 aliphatic heterocycles. The summed E-state index contributed by atoms with van der Waals surface area (Å²) in [6.45, 7) is 5.11. The summed E-state index contributed by atoms with van der Waals surface area (Å²) >= 11 is 6.10. The molecule has 0 saturated carbocycles. The lowest BCUT2D eigenvalue weighted by Crippen LogP contribution is -2.16. The van der Waals surface area contributed by atoms with Crippen LogP contribution in [0.4, 0.5) is 0 Å². The Kier molecular flexibility index (Phi) is 4.56. The third-order valence-corrected chi connectivity index (χ3v) is 4.05. The molecule has 5 nitrogen and oxygen atoms in total. The van der Waals surface area contributed by atoms with Gasteiger partial charge in [-0.3, -0.25) is 9.20 Å². The zero-order valence-electron chi connectivity index (χ0n) is 14.0. The number of primary amides is 1. The molecule has 0 fully saturated rings. The second-order valence-electron chi connectivity index (χ2n) is 5.93. The number of carbonyl (C=O) groups is 1. The van der Waals surface area contributed by atoms with Crippen LogP contribution < -0.4 is 5.73 Å². The summed E-state index contributed by atoms with van der Waals surface area (Å²) in [5.41, 5.74) is 6.83. The van der Waals surface area contributed by atoms with Crippen molar-refractivity contribution in [2.75, 3.05) is 0 Å². The smallest absolute Gasteiger partial charge is 0.285 e. The number of fused-ring (bicyclic) bond motifs is 1. The number of pyridine rings is 1. The average Bonchev–Trinajstić information content (AvgIpc) is 2.99. The number of benzene rings is 1. The highest BCUT2D eigenvalue weighted by molar-refractivity contribution is 6.31. The first-order valence-electron chi connectivity index (χ1n) is 7.78. The van der Waals surface area contributed by atoms with E-state index < -0.39 is 11.5 Å². The standard InChI is InChI=1S/C20H16ClN3O2/c1-3-20(2,26)9-7-13-5-4-6-14(11-13)17-16-12-15(21)8-10-24(16)19(23-17)18(22)25/h3-6,8,10-12,26H,1H2,2H3,(H2,22,25)/t20-/m0/s1. The molecule has 130 valence electrons. The van der Waals surface area contributed by atoms with E-state index in [0.717, 1.165) is 5.56 Å². The van der Waals surface area contributed by atoms with Crippen molar-refractivity contribution < 1.29 is 9.90 Å². The predicted octanol–water partition coefficient (Wildman–Crippen LogP) is 3.04. The lowest BCUT2D eigenvalue weighted by molar-refractivity contribution is 0.0990. The zero-order valence-corrected chi connectivity index (χ0v) is 14.8. The Morgan fingerprint density at radius 3 is 2.88 bits per heavy atom. The number of aromatic nitrogens is 2. The highest BCUT2D eigenvalue weighted by Crippen LogP contribution is 2.27. The molecule has 0 radical (unpaired) electrons. The van der Waals surface area contributed by atoms with Gasteiger partial charge in [0.05, 0.1) is 11.2 Å². The minimum atomic E-state index is -1.27. The summed E-state index contributed by atoms with van der Waals surface area (Å²) in [7, 11) is 0. The van der Waals surface area contributed by atoms with Gasteiger partial charge in [-0.05, 0) is 37.3 Å². The minimum Gasteiger partial charge on any atom is -0.374 e. The topological polar surface area (TPSA) is 80.6 Å². The van der Waals surface area contributed by atoms with Crippen molar-refractivity contribution in [2.45, 2.75) is 12.5 Å². The molecule has 0 aliphatic carbocycles. The van der Waals surface area contributed by atoms with Crippen LogP contribution in [0, 0.1) is 11.8 Å². The largest absolute Gasteiger partial charge is 0.374 e. The Morgan fingerprint density at radius 2 is 2.19 bits per heavy atom. The summed E-state index contributed by atoms with van der Waals surface area (Å²) in [6.07, 6.45) is 3.02. The number of hydrogen-bond acceptors (Lipinski definition) is 3. The number of hydrogen-bond donors (Lipinski definition) is 2. The molecule has 0 spiro atoms. The van der Waals surface area contributed by atoms with E-state index in [0.29, 0.717) is 21.8 Å². The van der Waals surface area contributed by atoms with E-state index in [1.165, 1.54) is 6.08 Å². The summed E-state index contributed by atoms with van der Waals surface area (Å²) in [6, 6.07) is 10.7. The van der Waals surface area contributed by atoms with Crippen LogP contribution in [0.15, 0.2) is 55.3 Å². The van der Waals surface area contributed by atoms with Gasteiger partial charge in [-0.2, -0.15) is 0 Å². The molecule has 2 aromatic heterocycles. The lowest BCUT2D eigenvalue weighted by Gasteiger charge is -2.08. The summed E-state index contributed by atoms with van der Waals surface area (Å²) in [5, 5.41) is 10.5. The van der Waals surface area contributed by atoms with Crippen LogP contribution >= 0.6 is 11.6 Å². The number of aliphatic hydroxyl groups is 1. The van der Waals surface area contributed by atoms with Crippen molar-refractivity contribution in [2.24, 2.45) is 5.73 Å². The number of nitrogens with two attached hydrogens (primary N) is 1. The van der Waals surface area contributed by atoms with E-state index >= 15 is 0 Å². The van der Waals surface area contributed by atoms with Crippen LogP contribution in [-0.4, -0.2) is 26.0 Å². The van der Waals surface area contributed by atoms with Crippen LogP contribution in [0.3, 0.4) is 0 Å². The molecule has 0 unspecified atom stereocenters. The second kappa shape index (κ2) is 6.68. The molecule has 2 heterocycles. The third kappa shape index (κ3) is 3.47. The molecule has 3 N–H and O–H groups in total. The fraction of sp³-hybridized carbons (Fsp3) is 0.100. The molecular weight excluding hydrogens is 350 g/mol. The van der Waals surface area contributed by atoms with E-state index in [1.54, 1.807) is 29.7 Å². The minimum absolute atomic E-state index is 0.123. The number of halogens is 1. The maximum atomic E-state index is 11.7. The number of amides is 1. The zero-order chi connectivity index (χ0) is 18.9. The van der Waals surface area contributed by atoms with Crippen LogP contribution in [-0.2, 0) is 0 Å². The van der Waals surface area contributed by atoms with Crippen LogP contribution in [0.25, 0.3) is 16.8 Å². The molecule has 6 heteroatoms. The van der Waals surface area contributed by atoms with Crippen molar-refractivity contribution in [3.63, 3.8) is 0 Å². The van der Waals surface area contributed by atoms with Crippen molar-refractivity contribution in [1.29, 1.82) is 0 Å². The van der Waals surface area contributed by atoms with Gasteiger partial charge in [0.25, 0.3) is 5.91 Å². The van der Waals surface area contributed by atoms with Gasteiger partial charge in [-0.1, -0.05) is 42.2 Å². The monoisotopic (exact) mass is 365 g/mol. The molecule has 26 heavy (non-hydrogen) atoms. The van der Waals surface area contributed by atoms with Crippen molar-refractivity contribution in [1.82, 2.24) is 9.38 Å². The van der Waals surface area contributed by atoms with Gasteiger partial charge < -0.3 is 10.8 Å². The number of rotatable bonds is 3. The van der Waals surface area contributed by atoms with Crippen LogP contribution in [0.2, 0.25) is 5.02 Å². The van der Waals surface area contributed by atoms with Crippen LogP contribution in [0.1, 0.15) is 23.1 Å². The van der Waals surface area contributed by atoms with Gasteiger partial charge >= 0.3 is 0 Å². The number of imidazole rings is 1. The molecule has 3 aromatic rings. The second-order valence-corrected chi connectivity index (χ2v) is 6.37. The van der Waals surface area contributed by atoms with E-state index in [-0.39, 0.29) is 5.82 Å². The van der Waals surface area contributed by atoms with Gasteiger partial charge in [0.2, 0.25) is 5.82 Å². The van der Waals surface area contributed by atoms with Gasteiger partial charge in [0.1, 0.15) is 5.60 Å². The number of carbonyl (C=O) groups excluding carboxylic acids is 1. The fourth-order valence-electron chi connectivity index (χ4n) is 2.44. The first kappa shape index (κ1) is 17.7. The summed E-state index contributed by atoms with van der Waals surface area (Å²) in [5.74, 6) is 5.14. The summed E-state index contributed by atoms with van der Waals surface area (Å²) < 4.78 is 1.60. The van der Waals surface area contributed by atoms with E-state index in [4.69, 9.17) is 17.3 Å². The third-order valence-electron chi connectivity index (χ3n) is 3.82. The Balaban J connectivity index is 2.16. The average molecular weight is 366 g/mol. The molecule has 0 aliphatic rings. The van der Waals surface area contributed by atoms with Crippen molar-refractivity contribution in [3.8, 4) is 23.1 Å². The van der Waals surface area contributed by atoms with E-state index in [9.17, 15) is 9.90 Å². The molecule has 0 bridgehead atoms. The first-order valence-corrected chi connectivity index (χ1v) is 8.15. The molecule has 0 saturated heterocycles. The molecule has 1 atom stereocenters. The normalized spacial score (nSPS) is 12.9. The van der Waals surface area contributed by atoms with Gasteiger partial charge in [-0.15, -0.1) is 0 Å². The lowest BCUT2D eigenvalue weighted by atomic mass is 10.0. The van der Waals surface area contributed by atoms with Gasteiger partial charge in [-0.25, -0.2) is 4.98 Å². The molecule has 3 rings (SSSR count). The van der Waals surface area contributed by atoms with E-state index in [1.807, 2.05) is 24.3 Å². The van der Waals surface area contributed by atoms with E-state index in [2.05, 4.69) is 23.4 Å². The van der Waals surface area contributed by atoms with Crippen molar-refractivity contribution >= 4 is 23.0 Å². The number of nitrogens with zero attached hydrogens (tertiary/aromatic N) is 2. The SMILES string of the molecule is C=C[C@](C)(O)C#Cc1cccc(-c2nc(C(N)=O)n3ccc(Cl)cc23)c1. The quantitative estimate of drug-likeness (QED) is 0.553. The Bertz CT molecular complexity index is 1090. The van der Waals surface area contributed by atoms with Crippen molar-refractivity contribution in [3.05, 3.63) is 71.7 Å². The van der Waals surface area contributed by atoms with Gasteiger partial charge in [0.15, 0.2) is 0 Å². The molecular formula is C20H16ClN3O2. The fourth-order valence-corrected chi connectivity index (χ4v) is 2.60. The summed E-state index contributed by atoms with van der Waals surface area (Å²) in [4.78, 5) is 16.1. The first-order chi connectivity index (χ1) is 12.3. The molecule has 1 aromatic carbocycles. The Hall–Kier alpha value is -3.07. The van der Waals surface area contributed by atoms with Gasteiger partial charge in [0, 0.05) is 22.3 Å². The predicted molar refractivity (Wildman–Crippen MR) is 102 cm³/mol. The molecule has 1 amide bonds. The van der Waals surface area contributed by atoms with Crippen LogP contribution in [0.5, 0.6) is 0 Å². The maximum absolute atomic E-state index is 11.7.